The molecule has 0 unspecified atom stereocenters. The van der Waals surface area contributed by atoms with E-state index in [0.29, 0.717) is 46.3 Å². The molecule has 1 aliphatic heterocycles. The van der Waals surface area contributed by atoms with Gasteiger partial charge in [0.15, 0.2) is 5.43 Å². The molecule has 0 saturated carbocycles. The van der Waals surface area contributed by atoms with Crippen LogP contribution in [0.5, 0.6) is 0 Å². The van der Waals surface area contributed by atoms with Crippen LogP contribution >= 0.6 is 11.6 Å². The Kier molecular flexibility index (Phi) is 7.00. The number of nitrogens with one attached hydrogen (secondary N) is 1. The zero-order valence-corrected chi connectivity index (χ0v) is 20.7. The van der Waals surface area contributed by atoms with Gasteiger partial charge in [0.25, 0.3) is 0 Å². The van der Waals surface area contributed by atoms with Crippen LogP contribution in [0, 0.1) is 0 Å². The van der Waals surface area contributed by atoms with Crippen molar-refractivity contribution in [3.05, 3.63) is 92.8 Å². The molecule has 4 heterocycles. The summed E-state index contributed by atoms with van der Waals surface area (Å²) in [6.07, 6.45) is 4.26. The monoisotopic (exact) mass is 509 g/mol. The summed E-state index contributed by atoms with van der Waals surface area (Å²) < 4.78 is 13.2. The Morgan fingerprint density at radius 3 is 2.83 bits per heavy atom. The highest BCUT2D eigenvalue weighted by Gasteiger charge is 2.33. The van der Waals surface area contributed by atoms with E-state index in [1.54, 1.807) is 54.4 Å². The third-order valence-corrected chi connectivity index (χ3v) is 6.95. The van der Waals surface area contributed by atoms with E-state index in [2.05, 4.69) is 10.2 Å². The third kappa shape index (κ3) is 5.11. The number of aliphatic hydroxyl groups is 1. The Labute approximate surface area is 213 Å². The molecule has 5 rings (SSSR count). The number of carbonyl (C=O) groups is 1. The SMILES string of the molecule is Cn1cc(CC(=O)NCc2ccc(Cl)cc2)c(=O)c2cc(CN3CCC[C@@H]3[C@@H](O)c3ccco3)oc21. The minimum Gasteiger partial charge on any atom is -0.467 e. The number of hydrogen-bond donors (Lipinski definition) is 2. The number of fused-ring (bicyclic) bond motifs is 1. The van der Waals surface area contributed by atoms with Gasteiger partial charge >= 0.3 is 0 Å². The Bertz CT molecular complexity index is 1410. The fraction of sp³-hybridized carbons (Fsp3) is 0.333. The van der Waals surface area contributed by atoms with Crippen LogP contribution in [-0.4, -0.2) is 33.1 Å². The molecule has 2 atom stereocenters. The van der Waals surface area contributed by atoms with Crippen LogP contribution in [-0.2, 0) is 31.4 Å². The molecule has 0 spiro atoms. The maximum Gasteiger partial charge on any atom is 0.224 e. The smallest absolute Gasteiger partial charge is 0.224 e. The molecule has 8 nitrogen and oxygen atoms in total. The number of furan rings is 2. The predicted molar refractivity (Wildman–Crippen MR) is 136 cm³/mol. The lowest BCUT2D eigenvalue weighted by Crippen LogP contribution is -2.33. The number of pyridine rings is 1. The fourth-order valence-electron chi connectivity index (χ4n) is 4.88. The van der Waals surface area contributed by atoms with Crippen LogP contribution in [0.4, 0.5) is 0 Å². The number of amides is 1. The van der Waals surface area contributed by atoms with Crippen molar-refractivity contribution in [3.63, 3.8) is 0 Å². The van der Waals surface area contributed by atoms with Crippen LogP contribution in [0.1, 0.15) is 41.6 Å². The molecule has 2 N–H and O–H groups in total. The van der Waals surface area contributed by atoms with Gasteiger partial charge in [-0.25, -0.2) is 0 Å². The quantitative estimate of drug-likeness (QED) is 0.373. The summed E-state index contributed by atoms with van der Waals surface area (Å²) in [6, 6.07) is 12.4. The lowest BCUT2D eigenvalue weighted by Gasteiger charge is -2.26. The van der Waals surface area contributed by atoms with E-state index in [9.17, 15) is 14.7 Å². The molecule has 1 fully saturated rings. The second-order valence-corrected chi connectivity index (χ2v) is 9.68. The minimum absolute atomic E-state index is 0.0275. The second-order valence-electron chi connectivity index (χ2n) is 9.25. The van der Waals surface area contributed by atoms with Crippen molar-refractivity contribution in [2.75, 3.05) is 6.54 Å². The van der Waals surface area contributed by atoms with Crippen LogP contribution < -0.4 is 10.7 Å². The predicted octanol–water partition coefficient (Wildman–Crippen LogP) is 3.93. The van der Waals surface area contributed by atoms with Crippen molar-refractivity contribution in [1.29, 1.82) is 0 Å². The molecule has 3 aromatic heterocycles. The molecule has 0 radical (unpaired) electrons. The van der Waals surface area contributed by atoms with Gasteiger partial charge < -0.3 is 23.8 Å². The summed E-state index contributed by atoms with van der Waals surface area (Å²) in [6.45, 7) is 1.64. The normalized spacial score (nSPS) is 17.0. The molecule has 0 bridgehead atoms. The number of carbonyl (C=O) groups excluding carboxylic acids is 1. The molecule has 9 heteroatoms. The first-order valence-electron chi connectivity index (χ1n) is 12.0. The molecule has 1 saturated heterocycles. The van der Waals surface area contributed by atoms with E-state index in [4.69, 9.17) is 20.4 Å². The Morgan fingerprint density at radius 1 is 1.28 bits per heavy atom. The molecule has 1 aliphatic rings. The Hall–Kier alpha value is -3.33. The second kappa shape index (κ2) is 10.3. The van der Waals surface area contributed by atoms with Crippen molar-refractivity contribution < 1.29 is 18.7 Å². The van der Waals surface area contributed by atoms with Gasteiger partial charge in [0, 0.05) is 36.4 Å². The number of halogens is 1. The third-order valence-electron chi connectivity index (χ3n) is 6.70. The van der Waals surface area contributed by atoms with Gasteiger partial charge in [-0.1, -0.05) is 23.7 Å². The number of rotatable bonds is 8. The summed E-state index contributed by atoms with van der Waals surface area (Å²) >= 11 is 5.90. The number of aliphatic hydroxyl groups excluding tert-OH is 1. The minimum atomic E-state index is -0.726. The first kappa shape index (κ1) is 24.4. The van der Waals surface area contributed by atoms with Crippen molar-refractivity contribution in [2.45, 2.75) is 44.5 Å². The maximum absolute atomic E-state index is 13.2. The first-order valence-corrected chi connectivity index (χ1v) is 12.3. The molecule has 0 aliphatic carbocycles. The number of likely N-dealkylation sites (tertiary alicyclic amines) is 1. The van der Waals surface area contributed by atoms with E-state index in [1.165, 1.54) is 0 Å². The van der Waals surface area contributed by atoms with Crippen LogP contribution in [0.25, 0.3) is 11.1 Å². The number of hydrogen-bond acceptors (Lipinski definition) is 6. The number of nitrogens with zero attached hydrogens (tertiary/aromatic N) is 2. The first-order chi connectivity index (χ1) is 17.4. The van der Waals surface area contributed by atoms with Gasteiger partial charge in [-0.15, -0.1) is 0 Å². The average molecular weight is 510 g/mol. The van der Waals surface area contributed by atoms with Gasteiger partial charge in [-0.3, -0.25) is 14.5 Å². The highest BCUT2D eigenvalue weighted by molar-refractivity contribution is 6.30. The lowest BCUT2D eigenvalue weighted by molar-refractivity contribution is -0.120. The Balaban J connectivity index is 1.29. The molecular weight excluding hydrogens is 482 g/mol. The summed E-state index contributed by atoms with van der Waals surface area (Å²) in [7, 11) is 1.80. The van der Waals surface area contributed by atoms with E-state index in [1.807, 2.05) is 12.1 Å². The molecular formula is C27H28ClN3O5. The van der Waals surface area contributed by atoms with Gasteiger partial charge in [0.05, 0.1) is 24.6 Å². The Morgan fingerprint density at radius 2 is 2.08 bits per heavy atom. The van der Waals surface area contributed by atoms with E-state index in [-0.39, 0.29) is 23.8 Å². The molecule has 1 amide bonds. The topological polar surface area (TPSA) is 101 Å². The van der Waals surface area contributed by atoms with Crippen LogP contribution in [0.15, 0.2) is 68.6 Å². The van der Waals surface area contributed by atoms with E-state index < -0.39 is 6.10 Å². The average Bonchev–Trinajstić information content (AvgIpc) is 3.63. The molecule has 4 aromatic rings. The van der Waals surface area contributed by atoms with Crippen molar-refractivity contribution in [1.82, 2.24) is 14.8 Å². The molecule has 36 heavy (non-hydrogen) atoms. The van der Waals surface area contributed by atoms with Crippen LogP contribution in [0.3, 0.4) is 0 Å². The number of benzene rings is 1. The van der Waals surface area contributed by atoms with E-state index >= 15 is 0 Å². The number of aryl methyl sites for hydroxylation is 1. The summed E-state index contributed by atoms with van der Waals surface area (Å²) in [5, 5.41) is 14.7. The highest BCUT2D eigenvalue weighted by Crippen LogP contribution is 2.31. The van der Waals surface area contributed by atoms with E-state index in [0.717, 1.165) is 24.9 Å². The van der Waals surface area contributed by atoms with Gasteiger partial charge in [-0.05, 0) is 55.3 Å². The van der Waals surface area contributed by atoms with Crippen molar-refractivity contribution in [2.24, 2.45) is 7.05 Å². The lowest BCUT2D eigenvalue weighted by atomic mass is 10.1. The summed E-state index contributed by atoms with van der Waals surface area (Å²) in [5.41, 5.74) is 1.57. The highest BCUT2D eigenvalue weighted by atomic mass is 35.5. The zero-order valence-electron chi connectivity index (χ0n) is 19.9. The summed E-state index contributed by atoms with van der Waals surface area (Å²) in [5.74, 6) is 0.946. The van der Waals surface area contributed by atoms with Gasteiger partial charge in [0.1, 0.15) is 17.6 Å². The van der Waals surface area contributed by atoms with Crippen molar-refractivity contribution in [3.8, 4) is 0 Å². The van der Waals surface area contributed by atoms with Crippen molar-refractivity contribution >= 4 is 28.6 Å². The van der Waals surface area contributed by atoms with Crippen LogP contribution in [0.2, 0.25) is 5.02 Å². The number of aromatic nitrogens is 1. The zero-order chi connectivity index (χ0) is 25.2. The molecule has 1 aromatic carbocycles. The maximum atomic E-state index is 13.2. The largest absolute Gasteiger partial charge is 0.467 e. The molecule has 188 valence electrons. The van der Waals surface area contributed by atoms with Gasteiger partial charge in [-0.2, -0.15) is 0 Å². The van der Waals surface area contributed by atoms with Gasteiger partial charge in [0.2, 0.25) is 11.6 Å². The fourth-order valence-corrected chi connectivity index (χ4v) is 5.00. The summed E-state index contributed by atoms with van der Waals surface area (Å²) in [4.78, 5) is 27.9. The standard InChI is InChI=1S/C27H28ClN3O5/c1-30-15-18(12-24(32)29-14-17-6-8-19(28)9-7-17)25(33)21-13-20(36-27(21)30)16-31-10-2-4-22(31)26(34)23-5-3-11-35-23/h3,5-9,11,13,15,22,26,34H,2,4,10,12,14,16H2,1H3,(H,29,32)/t22-,26-/m1/s1.